The molecule has 1 aromatic rings. The van der Waals surface area contributed by atoms with Crippen molar-refractivity contribution in [2.24, 2.45) is 10.5 Å². The Kier molecular flexibility index (Phi) is 5.74. The Balaban J connectivity index is 1.41. The van der Waals surface area contributed by atoms with Crippen molar-refractivity contribution in [3.8, 4) is 0 Å². The third-order valence-electron chi connectivity index (χ3n) is 6.51. The fourth-order valence-electron chi connectivity index (χ4n) is 4.38. The quantitative estimate of drug-likeness (QED) is 0.573. The number of hydrogen-bond donors (Lipinski definition) is 0. The molecule has 1 aromatic heterocycles. The maximum absolute atomic E-state index is 13.3. The van der Waals surface area contributed by atoms with Crippen molar-refractivity contribution in [2.75, 3.05) is 33.4 Å². The van der Waals surface area contributed by atoms with Crippen LogP contribution in [0.25, 0.3) is 0 Å². The summed E-state index contributed by atoms with van der Waals surface area (Å²) in [5, 5.41) is 5.48. The summed E-state index contributed by atoms with van der Waals surface area (Å²) in [6.07, 6.45) is 11.5. The molecule has 1 saturated heterocycles. The van der Waals surface area contributed by atoms with Gasteiger partial charge in [-0.1, -0.05) is 23.2 Å². The first kappa shape index (κ1) is 22.4. The SMILES string of the molecule is CO[N+]12C=CC(C(=O)Cc3c(Cl)cncc3Cl)=CC1=CC(C1(C(=O)N3CCOCC3)CC1)=N2. The predicted molar refractivity (Wildman–Crippen MR) is 122 cm³/mol. The summed E-state index contributed by atoms with van der Waals surface area (Å²) in [5.41, 5.74) is 1.75. The Morgan fingerprint density at radius 2 is 1.88 bits per heavy atom. The third kappa shape index (κ3) is 3.86. The molecule has 1 saturated carbocycles. The van der Waals surface area contributed by atoms with E-state index in [0.29, 0.717) is 58.9 Å². The minimum atomic E-state index is -0.630. The summed E-state index contributed by atoms with van der Waals surface area (Å²) >= 11 is 12.4. The average Bonchev–Trinajstić information content (AvgIpc) is 3.55. The number of rotatable bonds is 6. The number of nitrogens with zero attached hydrogens (tertiary/aromatic N) is 4. The molecule has 5 rings (SSSR count). The first-order chi connectivity index (χ1) is 15.9. The van der Waals surface area contributed by atoms with Crippen molar-refractivity contribution in [3.63, 3.8) is 0 Å². The van der Waals surface area contributed by atoms with Gasteiger partial charge in [-0.3, -0.25) is 14.6 Å². The molecule has 0 radical (unpaired) electrons. The van der Waals surface area contributed by atoms with E-state index in [1.807, 2.05) is 11.0 Å². The molecule has 0 N–H and O–H groups in total. The lowest BCUT2D eigenvalue weighted by Gasteiger charge is -2.30. The van der Waals surface area contributed by atoms with Crippen LogP contribution in [0.5, 0.6) is 0 Å². The highest BCUT2D eigenvalue weighted by Crippen LogP contribution is 2.52. The summed E-state index contributed by atoms with van der Waals surface area (Å²) in [7, 11) is 1.55. The van der Waals surface area contributed by atoms with Crippen LogP contribution in [-0.2, 0) is 25.6 Å². The molecule has 0 bridgehead atoms. The molecule has 4 heterocycles. The van der Waals surface area contributed by atoms with Crippen molar-refractivity contribution >= 4 is 40.6 Å². The number of fused-ring (bicyclic) bond motifs is 1. The maximum atomic E-state index is 13.3. The summed E-state index contributed by atoms with van der Waals surface area (Å²) in [5.74, 6) is -0.0586. The van der Waals surface area contributed by atoms with Crippen molar-refractivity contribution in [1.29, 1.82) is 0 Å². The Morgan fingerprint density at radius 1 is 1.18 bits per heavy atom. The number of halogens is 2. The van der Waals surface area contributed by atoms with Gasteiger partial charge in [-0.15, -0.1) is 0 Å². The Labute approximate surface area is 201 Å². The molecule has 2 fully saturated rings. The predicted octanol–water partition coefficient (Wildman–Crippen LogP) is 3.22. The third-order valence-corrected chi connectivity index (χ3v) is 7.16. The molecule has 8 nitrogen and oxygen atoms in total. The highest BCUT2D eigenvalue weighted by Gasteiger charge is 2.59. The van der Waals surface area contributed by atoms with Gasteiger partial charge in [0.25, 0.3) is 0 Å². The normalized spacial score (nSPS) is 25.2. The molecular formula is C23H23Cl2N4O4+. The van der Waals surface area contributed by atoms with Crippen molar-refractivity contribution in [2.45, 2.75) is 19.3 Å². The lowest BCUT2D eigenvalue weighted by atomic mass is 9.96. The van der Waals surface area contributed by atoms with Gasteiger partial charge in [0.1, 0.15) is 5.71 Å². The smallest absolute Gasteiger partial charge is 0.235 e. The van der Waals surface area contributed by atoms with Crippen LogP contribution < -0.4 is 0 Å². The van der Waals surface area contributed by atoms with Crippen LogP contribution in [0, 0.1) is 5.41 Å². The molecule has 4 aliphatic rings. The molecule has 1 atom stereocenters. The van der Waals surface area contributed by atoms with E-state index < -0.39 is 5.41 Å². The fraction of sp³-hybridized carbons (Fsp3) is 0.391. The van der Waals surface area contributed by atoms with E-state index in [2.05, 4.69) is 4.98 Å². The van der Waals surface area contributed by atoms with Gasteiger partial charge in [0, 0.05) is 61.3 Å². The fourth-order valence-corrected chi connectivity index (χ4v) is 4.88. The Bertz CT molecular complexity index is 1130. The van der Waals surface area contributed by atoms with Crippen molar-refractivity contribution < 1.29 is 23.9 Å². The zero-order chi connectivity index (χ0) is 23.2. The lowest BCUT2D eigenvalue weighted by molar-refractivity contribution is -1.03. The zero-order valence-electron chi connectivity index (χ0n) is 18.1. The van der Waals surface area contributed by atoms with E-state index in [-0.39, 0.29) is 22.9 Å². The number of pyridine rings is 1. The minimum Gasteiger partial charge on any atom is -0.378 e. The summed E-state index contributed by atoms with van der Waals surface area (Å²) in [6.45, 7) is 2.28. The number of carbonyl (C=O) groups excluding carboxylic acids is 2. The van der Waals surface area contributed by atoms with E-state index in [1.165, 1.54) is 12.4 Å². The molecule has 172 valence electrons. The van der Waals surface area contributed by atoms with E-state index in [4.69, 9.17) is 37.9 Å². The number of ketones is 1. The van der Waals surface area contributed by atoms with E-state index in [0.717, 1.165) is 12.8 Å². The maximum Gasteiger partial charge on any atom is 0.235 e. The van der Waals surface area contributed by atoms with Crippen LogP contribution in [0.4, 0.5) is 0 Å². The first-order valence-corrected chi connectivity index (χ1v) is 11.5. The van der Waals surface area contributed by atoms with Gasteiger partial charge in [-0.05, 0) is 22.7 Å². The second-order valence-electron chi connectivity index (χ2n) is 8.44. The molecule has 1 amide bonds. The standard InChI is InChI=1S/C23H23Cl2N4O4/c1-32-29-7-2-15(20(30)12-17-18(24)13-26-14-19(17)25)10-16(29)11-21(27-29)23(3-4-23)22(31)28-5-8-33-9-6-28/h2,7,10-11,13-14H,3-6,8-9,12H2,1H3/q+1. The van der Waals surface area contributed by atoms with E-state index >= 15 is 0 Å². The number of carbonyl (C=O) groups is 2. The van der Waals surface area contributed by atoms with Gasteiger partial charge in [0.15, 0.2) is 12.0 Å². The number of Topliss-reactive ketones (excluding diaryl/α,β-unsaturated/α-hetero) is 1. The summed E-state index contributed by atoms with van der Waals surface area (Å²) in [4.78, 5) is 37.8. The zero-order valence-corrected chi connectivity index (χ0v) is 19.6. The number of allylic oxidation sites excluding steroid dienone is 4. The first-order valence-electron chi connectivity index (χ1n) is 10.8. The monoisotopic (exact) mass is 489 g/mol. The molecule has 0 aromatic carbocycles. The van der Waals surface area contributed by atoms with Crippen LogP contribution in [0.3, 0.4) is 0 Å². The van der Waals surface area contributed by atoms with Crippen molar-refractivity contribution in [1.82, 2.24) is 9.88 Å². The molecule has 3 aliphatic heterocycles. The number of quaternary nitrogens is 1. The van der Waals surface area contributed by atoms with Crippen LogP contribution in [0.15, 0.2) is 53.2 Å². The summed E-state index contributed by atoms with van der Waals surface area (Å²) < 4.78 is 5.15. The Morgan fingerprint density at radius 3 is 2.52 bits per heavy atom. The van der Waals surface area contributed by atoms with Gasteiger partial charge >= 0.3 is 0 Å². The van der Waals surface area contributed by atoms with Crippen molar-refractivity contribution in [3.05, 3.63) is 63.7 Å². The van der Waals surface area contributed by atoms with Gasteiger partial charge in [0.05, 0.1) is 35.8 Å². The number of aromatic nitrogens is 1. The number of hydrogen-bond acceptors (Lipinski definition) is 6. The molecule has 33 heavy (non-hydrogen) atoms. The molecule has 10 heteroatoms. The summed E-state index contributed by atoms with van der Waals surface area (Å²) in [6, 6.07) is 0. The topological polar surface area (TPSA) is 81.1 Å². The molecular weight excluding hydrogens is 467 g/mol. The number of amides is 1. The second kappa shape index (κ2) is 8.45. The van der Waals surface area contributed by atoms with E-state index in [1.54, 1.807) is 25.5 Å². The van der Waals surface area contributed by atoms with Gasteiger partial charge in [-0.25, -0.2) is 0 Å². The van der Waals surface area contributed by atoms with Crippen LogP contribution in [0.1, 0.15) is 18.4 Å². The number of hydroxylamine groups is 2. The highest BCUT2D eigenvalue weighted by molar-refractivity contribution is 6.36. The largest absolute Gasteiger partial charge is 0.378 e. The second-order valence-corrected chi connectivity index (χ2v) is 9.26. The Hall–Kier alpha value is -2.36. The molecule has 0 spiro atoms. The van der Waals surface area contributed by atoms with E-state index in [9.17, 15) is 9.59 Å². The minimum absolute atomic E-state index is 0.0454. The van der Waals surface area contributed by atoms with Gasteiger partial charge in [0.2, 0.25) is 11.6 Å². The molecule has 1 aliphatic carbocycles. The van der Waals surface area contributed by atoms with Gasteiger partial charge in [-0.2, -0.15) is 4.84 Å². The number of morpholine rings is 1. The highest BCUT2D eigenvalue weighted by atomic mass is 35.5. The van der Waals surface area contributed by atoms with Crippen LogP contribution >= 0.6 is 23.2 Å². The van der Waals surface area contributed by atoms with Crippen LogP contribution in [-0.4, -0.2) is 65.5 Å². The molecule has 1 unspecified atom stereocenters. The lowest BCUT2D eigenvalue weighted by Crippen LogP contribution is -2.46. The van der Waals surface area contributed by atoms with Gasteiger partial charge < -0.3 is 9.64 Å². The van der Waals surface area contributed by atoms with Crippen LogP contribution in [0.2, 0.25) is 10.0 Å². The average molecular weight is 490 g/mol. The number of ether oxygens (including phenoxy) is 1.